The highest BCUT2D eigenvalue weighted by molar-refractivity contribution is 6.22. The lowest BCUT2D eigenvalue weighted by molar-refractivity contribution is -0.158. The van der Waals surface area contributed by atoms with Crippen molar-refractivity contribution < 1.29 is 23.9 Å². The molecule has 3 amide bonds. The first-order valence-electron chi connectivity index (χ1n) is 12.2. The lowest BCUT2D eigenvalue weighted by Crippen LogP contribution is -2.55. The zero-order valence-corrected chi connectivity index (χ0v) is 21.1. The van der Waals surface area contributed by atoms with Gasteiger partial charge in [-0.3, -0.25) is 19.3 Å². The summed E-state index contributed by atoms with van der Waals surface area (Å²) in [6.45, 7) is 5.26. The number of amides is 3. The Hall–Kier alpha value is -4.26. The van der Waals surface area contributed by atoms with E-state index in [-0.39, 0.29) is 24.0 Å². The number of benzene rings is 3. The van der Waals surface area contributed by atoms with Crippen LogP contribution in [0.3, 0.4) is 0 Å². The summed E-state index contributed by atoms with van der Waals surface area (Å²) >= 11 is 0. The van der Waals surface area contributed by atoms with Crippen molar-refractivity contribution in [3.05, 3.63) is 107 Å². The molecule has 0 aromatic heterocycles. The normalized spacial score (nSPS) is 14.6. The minimum absolute atomic E-state index is 0.102. The number of carbonyl (C=O) groups excluding carboxylic acids is 4. The monoisotopic (exact) mass is 498 g/mol. The molecule has 0 bridgehead atoms. The highest BCUT2D eigenvalue weighted by Gasteiger charge is 2.43. The van der Waals surface area contributed by atoms with Crippen molar-refractivity contribution in [2.24, 2.45) is 0 Å². The molecule has 2 atom stereocenters. The van der Waals surface area contributed by atoms with E-state index in [0.717, 1.165) is 16.0 Å². The standard InChI is InChI=1S/C30H30N2O5/c1-30(2,3)37-29(36)24(18-20-12-6-4-7-13-20)31-26(33)25(19-21-14-8-5-9-15-21)32-27(34)22-16-10-11-17-23(22)28(32)35/h4-17,24-25H,18-19H2,1-3H3,(H,31,33)/t24-,25-/m0/s1. The second kappa shape index (κ2) is 10.8. The van der Waals surface area contributed by atoms with Crippen molar-refractivity contribution in [2.45, 2.75) is 51.3 Å². The number of imide groups is 1. The van der Waals surface area contributed by atoms with Crippen LogP contribution in [0.4, 0.5) is 0 Å². The van der Waals surface area contributed by atoms with Crippen LogP contribution in [0.5, 0.6) is 0 Å². The minimum Gasteiger partial charge on any atom is -0.458 e. The molecule has 7 nitrogen and oxygen atoms in total. The topological polar surface area (TPSA) is 92.8 Å². The number of esters is 1. The third-order valence-electron chi connectivity index (χ3n) is 6.00. The van der Waals surface area contributed by atoms with Crippen LogP contribution in [-0.4, -0.2) is 46.3 Å². The molecule has 3 aromatic rings. The Morgan fingerprint density at radius 3 is 1.70 bits per heavy atom. The van der Waals surface area contributed by atoms with Crippen molar-refractivity contribution in [1.29, 1.82) is 0 Å². The van der Waals surface area contributed by atoms with Crippen molar-refractivity contribution in [1.82, 2.24) is 10.2 Å². The number of hydrogen-bond donors (Lipinski definition) is 1. The van der Waals surface area contributed by atoms with Gasteiger partial charge in [0.2, 0.25) is 5.91 Å². The molecule has 3 aromatic carbocycles. The largest absolute Gasteiger partial charge is 0.458 e. The van der Waals surface area contributed by atoms with Crippen molar-refractivity contribution in [3.63, 3.8) is 0 Å². The summed E-state index contributed by atoms with van der Waals surface area (Å²) in [5.74, 6) is -2.27. The molecule has 37 heavy (non-hydrogen) atoms. The molecule has 0 fully saturated rings. The summed E-state index contributed by atoms with van der Waals surface area (Å²) in [6, 6.07) is 22.8. The number of carbonyl (C=O) groups is 4. The molecule has 1 heterocycles. The minimum atomic E-state index is -1.16. The first kappa shape index (κ1) is 25.8. The summed E-state index contributed by atoms with van der Waals surface area (Å²) in [5.41, 5.74) is 1.36. The van der Waals surface area contributed by atoms with Gasteiger partial charge in [0.05, 0.1) is 11.1 Å². The Morgan fingerprint density at radius 2 is 1.22 bits per heavy atom. The lowest BCUT2D eigenvalue weighted by Gasteiger charge is -2.29. The van der Waals surface area contributed by atoms with Crippen molar-refractivity contribution in [3.8, 4) is 0 Å². The summed E-state index contributed by atoms with van der Waals surface area (Å²) in [5, 5.41) is 2.79. The van der Waals surface area contributed by atoms with Gasteiger partial charge in [0, 0.05) is 12.8 Å². The molecular formula is C30H30N2O5. The molecule has 1 aliphatic heterocycles. The Labute approximate surface area is 216 Å². The van der Waals surface area contributed by atoms with Gasteiger partial charge >= 0.3 is 5.97 Å². The van der Waals surface area contributed by atoms with Gasteiger partial charge < -0.3 is 10.1 Å². The lowest BCUT2D eigenvalue weighted by atomic mass is 10.0. The molecule has 0 aliphatic carbocycles. The Morgan fingerprint density at radius 1 is 0.757 bits per heavy atom. The number of rotatable bonds is 8. The maximum atomic E-state index is 13.8. The molecule has 1 N–H and O–H groups in total. The van der Waals surface area contributed by atoms with Gasteiger partial charge in [-0.2, -0.15) is 0 Å². The summed E-state index contributed by atoms with van der Waals surface area (Å²) in [6.07, 6.45) is 0.298. The Balaban J connectivity index is 1.65. The number of ether oxygens (including phenoxy) is 1. The molecule has 0 unspecified atom stereocenters. The predicted octanol–water partition coefficient (Wildman–Crippen LogP) is 3.96. The first-order chi connectivity index (χ1) is 17.6. The van der Waals surface area contributed by atoms with Gasteiger partial charge in [-0.15, -0.1) is 0 Å². The van der Waals surface area contributed by atoms with E-state index in [0.29, 0.717) is 0 Å². The first-order valence-corrected chi connectivity index (χ1v) is 12.2. The Kier molecular flexibility index (Phi) is 7.53. The third kappa shape index (κ3) is 6.12. The average Bonchev–Trinajstić information content (AvgIpc) is 3.12. The third-order valence-corrected chi connectivity index (χ3v) is 6.00. The Bertz CT molecular complexity index is 1260. The molecule has 0 spiro atoms. The fourth-order valence-electron chi connectivity index (χ4n) is 4.31. The molecule has 0 saturated carbocycles. The van der Waals surface area contributed by atoms with Crippen LogP contribution in [0, 0.1) is 0 Å². The smallest absolute Gasteiger partial charge is 0.329 e. The van der Waals surface area contributed by atoms with E-state index >= 15 is 0 Å². The highest BCUT2D eigenvalue weighted by atomic mass is 16.6. The number of nitrogens with one attached hydrogen (secondary N) is 1. The van der Waals surface area contributed by atoms with Gasteiger partial charge in [-0.25, -0.2) is 4.79 Å². The molecular weight excluding hydrogens is 468 g/mol. The number of fused-ring (bicyclic) bond motifs is 1. The van der Waals surface area contributed by atoms with Gasteiger partial charge in [-0.1, -0.05) is 72.8 Å². The maximum absolute atomic E-state index is 13.8. The van der Waals surface area contributed by atoms with Crippen molar-refractivity contribution in [2.75, 3.05) is 0 Å². The summed E-state index contributed by atoms with van der Waals surface area (Å²) in [7, 11) is 0. The van der Waals surface area contributed by atoms with E-state index in [1.54, 1.807) is 45.0 Å². The fraction of sp³-hybridized carbons (Fsp3) is 0.267. The van der Waals surface area contributed by atoms with Gasteiger partial charge in [0.15, 0.2) is 0 Å². The van der Waals surface area contributed by atoms with Crippen LogP contribution in [0.2, 0.25) is 0 Å². The molecule has 190 valence electrons. The fourth-order valence-corrected chi connectivity index (χ4v) is 4.31. The molecule has 7 heteroatoms. The average molecular weight is 499 g/mol. The second-order valence-corrected chi connectivity index (χ2v) is 10.0. The zero-order chi connectivity index (χ0) is 26.6. The van der Waals surface area contributed by atoms with Crippen LogP contribution in [0.25, 0.3) is 0 Å². The van der Waals surface area contributed by atoms with E-state index in [4.69, 9.17) is 4.74 Å². The van der Waals surface area contributed by atoms with E-state index in [2.05, 4.69) is 5.32 Å². The molecule has 1 aliphatic rings. The van der Waals surface area contributed by atoms with Crippen molar-refractivity contribution >= 4 is 23.7 Å². The highest BCUT2D eigenvalue weighted by Crippen LogP contribution is 2.26. The number of hydrogen-bond acceptors (Lipinski definition) is 5. The second-order valence-electron chi connectivity index (χ2n) is 10.0. The quantitative estimate of drug-likeness (QED) is 0.375. The molecule has 0 saturated heterocycles. The van der Waals surface area contributed by atoms with Gasteiger partial charge in [0.1, 0.15) is 17.7 Å². The maximum Gasteiger partial charge on any atom is 0.329 e. The van der Waals surface area contributed by atoms with Crippen LogP contribution in [0.15, 0.2) is 84.9 Å². The summed E-state index contributed by atoms with van der Waals surface area (Å²) < 4.78 is 5.59. The molecule has 4 rings (SSSR count). The van der Waals surface area contributed by atoms with E-state index < -0.39 is 41.4 Å². The van der Waals surface area contributed by atoms with Crippen LogP contribution in [-0.2, 0) is 27.2 Å². The SMILES string of the molecule is CC(C)(C)OC(=O)[C@H](Cc1ccccc1)NC(=O)[C@H](Cc1ccccc1)N1C(=O)c2ccccc2C1=O. The predicted molar refractivity (Wildman–Crippen MR) is 139 cm³/mol. The van der Waals surface area contributed by atoms with Gasteiger partial charge in [-0.05, 0) is 44.0 Å². The number of nitrogens with zero attached hydrogens (tertiary/aromatic N) is 1. The van der Waals surface area contributed by atoms with E-state index in [9.17, 15) is 19.2 Å². The van der Waals surface area contributed by atoms with Crippen LogP contribution in [0.1, 0.15) is 52.6 Å². The van der Waals surface area contributed by atoms with Gasteiger partial charge in [0.25, 0.3) is 11.8 Å². The van der Waals surface area contributed by atoms with E-state index in [1.165, 1.54) is 0 Å². The molecule has 0 radical (unpaired) electrons. The zero-order valence-electron chi connectivity index (χ0n) is 21.1. The van der Waals surface area contributed by atoms with Crippen LogP contribution < -0.4 is 5.32 Å². The van der Waals surface area contributed by atoms with Crippen LogP contribution >= 0.6 is 0 Å². The summed E-state index contributed by atoms with van der Waals surface area (Å²) in [4.78, 5) is 54.5. The van der Waals surface area contributed by atoms with E-state index in [1.807, 2.05) is 60.7 Å².